The third kappa shape index (κ3) is 7.53. The molecule has 35 heavy (non-hydrogen) atoms. The number of piperidine rings is 1. The summed E-state index contributed by atoms with van der Waals surface area (Å²) in [5, 5.41) is 3.26. The third-order valence-electron chi connectivity index (χ3n) is 6.56. The number of ether oxygens (including phenoxy) is 3. The van der Waals surface area contributed by atoms with Gasteiger partial charge in [0.05, 0.1) is 32.1 Å². The molecule has 0 saturated carbocycles. The second-order valence-electron chi connectivity index (χ2n) is 9.13. The van der Waals surface area contributed by atoms with Gasteiger partial charge < -0.3 is 29.3 Å². The van der Waals surface area contributed by atoms with E-state index in [2.05, 4.69) is 20.2 Å². The summed E-state index contributed by atoms with van der Waals surface area (Å²) in [6, 6.07) is 7.59. The summed E-state index contributed by atoms with van der Waals surface area (Å²) < 4.78 is 17.6. The van der Waals surface area contributed by atoms with Gasteiger partial charge in [-0.25, -0.2) is 9.97 Å². The van der Waals surface area contributed by atoms with Crippen molar-refractivity contribution in [2.24, 2.45) is 0 Å². The molecule has 190 valence electrons. The lowest BCUT2D eigenvalue weighted by molar-refractivity contribution is -0.131. The zero-order valence-corrected chi connectivity index (χ0v) is 20.9. The van der Waals surface area contributed by atoms with Crippen LogP contribution in [0.2, 0.25) is 0 Å². The Balaban J connectivity index is 1.28. The number of hydrogen-bond acceptors (Lipinski definition) is 8. The van der Waals surface area contributed by atoms with Gasteiger partial charge in [0, 0.05) is 44.5 Å². The van der Waals surface area contributed by atoms with Crippen LogP contribution in [-0.2, 0) is 16.1 Å². The van der Waals surface area contributed by atoms with E-state index in [9.17, 15) is 4.79 Å². The number of hydrogen-bond donors (Lipinski definition) is 1. The van der Waals surface area contributed by atoms with Gasteiger partial charge in [-0.2, -0.15) is 0 Å². The Kier molecular flexibility index (Phi) is 9.14. The molecule has 4 rings (SSSR count). The summed E-state index contributed by atoms with van der Waals surface area (Å²) in [6.07, 6.45) is 7.16. The van der Waals surface area contributed by atoms with E-state index in [1.165, 1.54) is 25.9 Å². The first-order valence-electron chi connectivity index (χ1n) is 12.6. The van der Waals surface area contributed by atoms with Crippen LogP contribution in [-0.4, -0.2) is 78.2 Å². The van der Waals surface area contributed by atoms with Crippen molar-refractivity contribution in [3.05, 3.63) is 36.2 Å². The number of nitrogens with one attached hydrogen (secondary N) is 1. The molecule has 1 aromatic heterocycles. The fourth-order valence-corrected chi connectivity index (χ4v) is 4.55. The van der Waals surface area contributed by atoms with Gasteiger partial charge >= 0.3 is 0 Å². The fourth-order valence-electron chi connectivity index (χ4n) is 4.55. The molecule has 0 bridgehead atoms. The van der Waals surface area contributed by atoms with Crippen molar-refractivity contribution in [3.8, 4) is 11.5 Å². The lowest BCUT2D eigenvalue weighted by Gasteiger charge is -2.31. The molecule has 2 aliphatic rings. The van der Waals surface area contributed by atoms with Crippen molar-refractivity contribution in [1.29, 1.82) is 0 Å². The van der Waals surface area contributed by atoms with Crippen molar-refractivity contribution in [2.45, 2.75) is 51.7 Å². The van der Waals surface area contributed by atoms with Gasteiger partial charge in [-0.15, -0.1) is 0 Å². The minimum Gasteiger partial charge on any atom is -0.493 e. The predicted octanol–water partition coefficient (Wildman–Crippen LogP) is 3.62. The average molecular weight is 484 g/mol. The van der Waals surface area contributed by atoms with Crippen LogP contribution in [0.5, 0.6) is 11.5 Å². The Morgan fingerprint density at radius 1 is 1.11 bits per heavy atom. The molecule has 9 heteroatoms. The molecular formula is C26H37N5O4. The van der Waals surface area contributed by atoms with Crippen molar-refractivity contribution in [1.82, 2.24) is 19.8 Å². The zero-order chi connectivity index (χ0) is 24.5. The summed E-state index contributed by atoms with van der Waals surface area (Å²) >= 11 is 0. The van der Waals surface area contributed by atoms with Crippen molar-refractivity contribution >= 4 is 17.5 Å². The molecular weight excluding hydrogens is 446 g/mol. The number of rotatable bonds is 11. The highest BCUT2D eigenvalue weighted by atomic mass is 16.5. The quantitative estimate of drug-likeness (QED) is 0.485. The van der Waals surface area contributed by atoms with Crippen LogP contribution in [0.1, 0.15) is 44.7 Å². The van der Waals surface area contributed by atoms with E-state index in [-0.39, 0.29) is 12.0 Å². The second kappa shape index (κ2) is 12.7. The second-order valence-corrected chi connectivity index (χ2v) is 9.13. The maximum atomic E-state index is 11.5. The van der Waals surface area contributed by atoms with E-state index < -0.39 is 0 Å². The number of likely N-dealkylation sites (tertiary alicyclic amines) is 2. The van der Waals surface area contributed by atoms with Gasteiger partial charge in [0.25, 0.3) is 0 Å². The fraction of sp³-hybridized carbons (Fsp3) is 0.577. The Morgan fingerprint density at radius 2 is 1.91 bits per heavy atom. The zero-order valence-electron chi connectivity index (χ0n) is 20.9. The van der Waals surface area contributed by atoms with E-state index in [1.54, 1.807) is 20.2 Å². The van der Waals surface area contributed by atoms with Crippen LogP contribution in [0.15, 0.2) is 30.5 Å². The maximum Gasteiger partial charge on any atom is 0.227 e. The Labute approximate surface area is 207 Å². The predicted molar refractivity (Wildman–Crippen MR) is 134 cm³/mol. The van der Waals surface area contributed by atoms with Gasteiger partial charge in [0.15, 0.2) is 11.5 Å². The van der Waals surface area contributed by atoms with Crippen molar-refractivity contribution in [2.75, 3.05) is 51.8 Å². The largest absolute Gasteiger partial charge is 0.493 e. The molecule has 1 aromatic carbocycles. The Morgan fingerprint density at radius 3 is 2.66 bits per heavy atom. The lowest BCUT2D eigenvalue weighted by Crippen LogP contribution is -2.39. The van der Waals surface area contributed by atoms with Crippen LogP contribution in [0.25, 0.3) is 0 Å². The molecule has 2 fully saturated rings. The summed E-state index contributed by atoms with van der Waals surface area (Å²) in [6.45, 7) is 7.63. The van der Waals surface area contributed by atoms with Crippen LogP contribution >= 0.6 is 0 Å². The lowest BCUT2D eigenvalue weighted by atomic mass is 10.1. The van der Waals surface area contributed by atoms with Gasteiger partial charge in [-0.3, -0.25) is 4.79 Å². The van der Waals surface area contributed by atoms with Gasteiger partial charge in [0.1, 0.15) is 0 Å². The smallest absolute Gasteiger partial charge is 0.227 e. The summed E-state index contributed by atoms with van der Waals surface area (Å²) in [4.78, 5) is 24.8. The third-order valence-corrected chi connectivity index (χ3v) is 6.56. The van der Waals surface area contributed by atoms with Crippen LogP contribution in [0.3, 0.4) is 0 Å². The Bertz CT molecular complexity index is 959. The Hall–Kier alpha value is -2.91. The molecule has 2 aromatic rings. The average Bonchev–Trinajstić information content (AvgIpc) is 3.40. The maximum absolute atomic E-state index is 11.5. The number of carbonyl (C=O) groups excluding carboxylic acids is 1. The molecule has 0 radical (unpaired) electrons. The first-order valence-corrected chi connectivity index (χ1v) is 12.6. The minimum atomic E-state index is 0.129. The minimum absolute atomic E-state index is 0.129. The molecule has 3 heterocycles. The van der Waals surface area contributed by atoms with E-state index in [0.29, 0.717) is 30.7 Å². The van der Waals surface area contributed by atoms with E-state index in [1.807, 2.05) is 29.2 Å². The highest BCUT2D eigenvalue weighted by molar-refractivity contribution is 5.73. The number of methoxy groups -OCH3 is 1. The van der Waals surface area contributed by atoms with E-state index in [4.69, 9.17) is 14.2 Å². The normalized spacial score (nSPS) is 16.9. The summed E-state index contributed by atoms with van der Waals surface area (Å²) in [5.41, 5.74) is 1.64. The van der Waals surface area contributed by atoms with Crippen LogP contribution in [0.4, 0.5) is 11.6 Å². The molecule has 0 spiro atoms. The van der Waals surface area contributed by atoms with Gasteiger partial charge in [-0.1, -0.05) is 0 Å². The highest BCUT2D eigenvalue weighted by Crippen LogP contribution is 2.31. The molecule has 0 aliphatic carbocycles. The number of amides is 1. The number of benzene rings is 1. The SMILES string of the molecule is COc1ccc(Nc2nccc(COC3CCN(C(C)=O)CC3)n2)cc1OCCCN1CCCC1. The molecule has 1 N–H and O–H groups in total. The summed E-state index contributed by atoms with van der Waals surface area (Å²) in [7, 11) is 1.65. The summed E-state index contributed by atoms with van der Waals surface area (Å²) in [5.74, 6) is 2.04. The molecule has 0 atom stereocenters. The van der Waals surface area contributed by atoms with Gasteiger partial charge in [-0.05, 0) is 63.4 Å². The van der Waals surface area contributed by atoms with E-state index >= 15 is 0 Å². The topological polar surface area (TPSA) is 89.0 Å². The molecule has 1 amide bonds. The van der Waals surface area contributed by atoms with Crippen molar-refractivity contribution in [3.63, 3.8) is 0 Å². The number of aromatic nitrogens is 2. The monoisotopic (exact) mass is 483 g/mol. The van der Waals surface area contributed by atoms with Crippen LogP contribution < -0.4 is 14.8 Å². The number of nitrogens with zero attached hydrogens (tertiary/aromatic N) is 4. The van der Waals surface area contributed by atoms with E-state index in [0.717, 1.165) is 50.3 Å². The number of anilines is 2. The van der Waals surface area contributed by atoms with Gasteiger partial charge in [0.2, 0.25) is 11.9 Å². The first-order chi connectivity index (χ1) is 17.1. The molecule has 0 unspecified atom stereocenters. The molecule has 2 saturated heterocycles. The van der Waals surface area contributed by atoms with Crippen LogP contribution in [0, 0.1) is 0 Å². The van der Waals surface area contributed by atoms with Crippen molar-refractivity contribution < 1.29 is 19.0 Å². The highest BCUT2D eigenvalue weighted by Gasteiger charge is 2.21. The molecule has 2 aliphatic heterocycles. The number of carbonyl (C=O) groups is 1. The standard InChI is InChI=1S/C26H37N5O4/c1-20(32)31-15-9-23(10-16-31)35-19-22-8-11-27-26(29-22)28-21-6-7-24(33-2)25(18-21)34-17-5-14-30-12-3-4-13-30/h6-8,11,18,23H,3-5,9-10,12-17,19H2,1-2H3,(H,27,28,29). The first kappa shape index (κ1) is 25.2. The molecule has 9 nitrogen and oxygen atoms in total.